The predicted molar refractivity (Wildman–Crippen MR) is 211 cm³/mol. The Balaban J connectivity index is 1.58. The Bertz CT molecular complexity index is 1740. The van der Waals surface area contributed by atoms with Gasteiger partial charge in [0, 0.05) is 37.8 Å². The normalized spacial score (nSPS) is 15.8. The van der Waals surface area contributed by atoms with E-state index in [9.17, 15) is 14.7 Å². The molecule has 1 amide bonds. The molecule has 2 N–H and O–H groups in total. The molecule has 12 heteroatoms. The monoisotopic (exact) mass is 747 g/mol. The number of rotatable bonds is 19. The lowest BCUT2D eigenvalue weighted by Gasteiger charge is -2.41. The average molecular weight is 748 g/mol. The highest BCUT2D eigenvalue weighted by molar-refractivity contribution is 5.93. The molecule has 0 spiro atoms. The van der Waals surface area contributed by atoms with Gasteiger partial charge in [-0.05, 0) is 84.8 Å². The van der Waals surface area contributed by atoms with E-state index < -0.39 is 29.7 Å². The van der Waals surface area contributed by atoms with E-state index in [0.29, 0.717) is 80.0 Å². The van der Waals surface area contributed by atoms with Crippen LogP contribution in [0.4, 0.5) is 5.82 Å². The molecule has 2 unspecified atom stereocenters. The number of carbonyl (C=O) groups is 2. The van der Waals surface area contributed by atoms with E-state index in [1.165, 1.54) is 0 Å². The van der Waals surface area contributed by atoms with E-state index in [1.54, 1.807) is 23.6 Å². The lowest BCUT2D eigenvalue weighted by atomic mass is 9.92. The van der Waals surface area contributed by atoms with Crippen LogP contribution in [0.3, 0.4) is 0 Å². The lowest BCUT2D eigenvalue weighted by Crippen LogP contribution is -2.45. The van der Waals surface area contributed by atoms with Gasteiger partial charge in [-0.3, -0.25) is 4.79 Å². The van der Waals surface area contributed by atoms with Crippen molar-refractivity contribution in [2.24, 2.45) is 5.92 Å². The zero-order valence-electron chi connectivity index (χ0n) is 33.5. The Morgan fingerprint density at radius 1 is 1.13 bits per heavy atom. The topological polar surface area (TPSA) is 137 Å². The number of allylic oxidation sites excluding steroid dienone is 1. The molecule has 296 valence electrons. The number of aliphatic hydroxyl groups excluding tert-OH is 1. The van der Waals surface area contributed by atoms with Gasteiger partial charge in [0.2, 0.25) is 0 Å². The number of fused-ring (bicyclic) bond motifs is 1. The van der Waals surface area contributed by atoms with Crippen molar-refractivity contribution in [2.45, 2.75) is 111 Å². The van der Waals surface area contributed by atoms with Crippen molar-refractivity contribution < 1.29 is 33.6 Å². The van der Waals surface area contributed by atoms with Gasteiger partial charge in [-0.2, -0.15) is 9.61 Å². The van der Waals surface area contributed by atoms with Crippen LogP contribution in [0.15, 0.2) is 55.1 Å². The first-order valence-corrected chi connectivity index (χ1v) is 19.2. The van der Waals surface area contributed by atoms with Crippen LogP contribution in [0, 0.1) is 12.8 Å². The van der Waals surface area contributed by atoms with E-state index in [1.807, 2.05) is 58.0 Å². The maximum atomic E-state index is 13.6. The van der Waals surface area contributed by atoms with E-state index in [0.717, 1.165) is 18.4 Å². The van der Waals surface area contributed by atoms with Gasteiger partial charge in [0.05, 0.1) is 36.1 Å². The lowest BCUT2D eigenvalue weighted by molar-refractivity contribution is -0.166. The second kappa shape index (κ2) is 19.4. The first-order valence-electron chi connectivity index (χ1n) is 19.2. The molecule has 2 aromatic heterocycles. The van der Waals surface area contributed by atoms with Crippen LogP contribution < -0.4 is 15.0 Å². The standard InChI is InChI=1S/C42H61N5O7/c1-10-24-53-42(9)20-22-46(23-21-42)39-36(37(40(50)51-11-2)54-41(6,7)8)30(5)44-35-27-33(45-47(35)39)38(49)43-28-32(48)26-31-18-14-15-19-34(31)52-25-16-12-13-17-29(3)4/h10,12,14-16,18-19,27,29,32,37,48H,1,11,13,17,20-26,28H2,2-9H3,(H,43,49). The molecule has 1 saturated heterocycles. The average Bonchev–Trinajstić information content (AvgIpc) is 3.54. The zero-order valence-corrected chi connectivity index (χ0v) is 33.5. The number of hydrogen-bond donors (Lipinski definition) is 2. The second-order valence-electron chi connectivity index (χ2n) is 15.6. The summed E-state index contributed by atoms with van der Waals surface area (Å²) in [7, 11) is 0. The molecule has 1 aliphatic heterocycles. The van der Waals surface area contributed by atoms with Gasteiger partial charge in [0.25, 0.3) is 5.91 Å². The van der Waals surface area contributed by atoms with Crippen molar-refractivity contribution in [1.29, 1.82) is 0 Å². The molecule has 3 aromatic rings. The third-order valence-electron chi connectivity index (χ3n) is 9.28. The van der Waals surface area contributed by atoms with E-state index >= 15 is 0 Å². The molecule has 0 bridgehead atoms. The number of hydrogen-bond acceptors (Lipinski definition) is 10. The van der Waals surface area contributed by atoms with Crippen LogP contribution in [0.1, 0.15) is 108 Å². The van der Waals surface area contributed by atoms with Crippen molar-refractivity contribution in [2.75, 3.05) is 44.4 Å². The maximum Gasteiger partial charge on any atom is 0.340 e. The van der Waals surface area contributed by atoms with Gasteiger partial charge >= 0.3 is 5.97 Å². The van der Waals surface area contributed by atoms with Crippen LogP contribution in [-0.2, 0) is 25.4 Å². The Morgan fingerprint density at radius 3 is 2.52 bits per heavy atom. The molecule has 12 nitrogen and oxygen atoms in total. The predicted octanol–water partition coefficient (Wildman–Crippen LogP) is 6.72. The molecule has 54 heavy (non-hydrogen) atoms. The minimum atomic E-state index is -1.09. The number of aromatic nitrogens is 3. The van der Waals surface area contributed by atoms with Crippen molar-refractivity contribution in [3.63, 3.8) is 0 Å². The number of esters is 1. The number of anilines is 1. The summed E-state index contributed by atoms with van der Waals surface area (Å²) in [5.41, 5.74) is 1.47. The summed E-state index contributed by atoms with van der Waals surface area (Å²) >= 11 is 0. The quantitative estimate of drug-likeness (QED) is 0.100. The summed E-state index contributed by atoms with van der Waals surface area (Å²) in [6.45, 7) is 21.8. The first kappa shape index (κ1) is 42.5. The molecule has 0 aliphatic carbocycles. The largest absolute Gasteiger partial charge is 0.489 e. The summed E-state index contributed by atoms with van der Waals surface area (Å²) < 4.78 is 25.6. The summed E-state index contributed by atoms with van der Waals surface area (Å²) in [6.07, 6.45) is 7.79. The summed E-state index contributed by atoms with van der Waals surface area (Å²) in [5.74, 6) is 0.969. The second-order valence-corrected chi connectivity index (χ2v) is 15.6. The Labute approximate surface area is 320 Å². The van der Waals surface area contributed by atoms with Crippen LogP contribution >= 0.6 is 0 Å². The Hall–Kier alpha value is -4.26. The number of para-hydroxylation sites is 1. The molecule has 0 radical (unpaired) electrons. The van der Waals surface area contributed by atoms with Gasteiger partial charge in [-0.25, -0.2) is 9.78 Å². The van der Waals surface area contributed by atoms with E-state index in [4.69, 9.17) is 29.0 Å². The number of nitrogens with one attached hydrogen (secondary N) is 1. The highest BCUT2D eigenvalue weighted by atomic mass is 16.6. The fourth-order valence-corrected chi connectivity index (χ4v) is 6.42. The number of aryl methyl sites for hydroxylation is 1. The number of piperidine rings is 1. The minimum Gasteiger partial charge on any atom is -0.489 e. The van der Waals surface area contributed by atoms with Crippen molar-refractivity contribution >= 4 is 23.3 Å². The third-order valence-corrected chi connectivity index (χ3v) is 9.28. The van der Waals surface area contributed by atoms with E-state index in [2.05, 4.69) is 43.6 Å². The SMILES string of the molecule is C=CCOC1(C)CCN(c2c(C(OC(C)(C)C)C(=O)OCC)c(C)nc3cc(C(=O)NCC(O)Cc4ccccc4OCC=CCCC(C)C)nn23)CC1. The van der Waals surface area contributed by atoms with Gasteiger partial charge in [-0.15, -0.1) is 6.58 Å². The molecule has 4 rings (SSSR count). The Kier molecular flexibility index (Phi) is 15.2. The number of nitrogens with zero attached hydrogens (tertiary/aromatic N) is 4. The molecule has 3 heterocycles. The number of benzene rings is 1. The molecule has 0 saturated carbocycles. The number of amides is 1. The van der Waals surface area contributed by atoms with Gasteiger partial charge in [0.1, 0.15) is 18.2 Å². The number of ether oxygens (including phenoxy) is 4. The van der Waals surface area contributed by atoms with Crippen LogP contribution in [0.25, 0.3) is 5.65 Å². The van der Waals surface area contributed by atoms with Crippen molar-refractivity contribution in [3.8, 4) is 5.75 Å². The van der Waals surface area contributed by atoms with Crippen molar-refractivity contribution in [3.05, 3.63) is 77.7 Å². The Morgan fingerprint density at radius 2 is 1.85 bits per heavy atom. The molecule has 1 fully saturated rings. The molecule has 2 atom stereocenters. The van der Waals surface area contributed by atoms with Crippen molar-refractivity contribution in [1.82, 2.24) is 19.9 Å². The third kappa shape index (κ3) is 11.9. The highest BCUT2D eigenvalue weighted by Crippen LogP contribution is 2.38. The number of aliphatic hydroxyl groups is 1. The summed E-state index contributed by atoms with van der Waals surface area (Å²) in [5, 5.41) is 18.6. The smallest absolute Gasteiger partial charge is 0.340 e. The molecule has 1 aliphatic rings. The van der Waals surface area contributed by atoms with Gasteiger partial charge in [0.15, 0.2) is 17.4 Å². The van der Waals surface area contributed by atoms with Crippen LogP contribution in [0.5, 0.6) is 5.75 Å². The van der Waals surface area contributed by atoms with Crippen LogP contribution in [0.2, 0.25) is 0 Å². The molecular formula is C42H61N5O7. The van der Waals surface area contributed by atoms with E-state index in [-0.39, 0.29) is 24.4 Å². The minimum absolute atomic E-state index is 0.000476. The fourth-order valence-electron chi connectivity index (χ4n) is 6.42. The summed E-state index contributed by atoms with van der Waals surface area (Å²) in [4.78, 5) is 34.1. The van der Waals surface area contributed by atoms with Gasteiger partial charge < -0.3 is 34.3 Å². The summed E-state index contributed by atoms with van der Waals surface area (Å²) in [6, 6.07) is 9.22. The first-order chi connectivity index (χ1) is 25.6. The zero-order chi connectivity index (χ0) is 39.5. The van der Waals surface area contributed by atoms with Gasteiger partial charge in [-0.1, -0.05) is 50.3 Å². The molecular weight excluding hydrogens is 686 g/mol. The fraction of sp³-hybridized carbons (Fsp3) is 0.571. The highest BCUT2D eigenvalue weighted by Gasteiger charge is 2.38. The maximum absolute atomic E-state index is 13.6. The number of carbonyl (C=O) groups excluding carboxylic acids is 2. The molecule has 1 aromatic carbocycles. The van der Waals surface area contributed by atoms with Crippen LogP contribution in [-0.4, -0.2) is 88.3 Å².